The van der Waals surface area contributed by atoms with Crippen LogP contribution < -0.4 is 4.74 Å². The number of carbonyl (C=O) groups is 1. The molecule has 88 valence electrons. The summed E-state index contributed by atoms with van der Waals surface area (Å²) < 4.78 is 9.95. The highest BCUT2D eigenvalue weighted by atomic mass is 16.5. The zero-order valence-corrected chi connectivity index (χ0v) is 9.43. The standard InChI is InChI=1S/C12H11NO4/c1-7-4-3-5-9(16-2)11(7)8-6-10(12(14)15)17-13-8/h3-6H,1-2H3,(H,14,15). The Hall–Kier alpha value is -2.30. The number of carboxylic acids is 1. The Morgan fingerprint density at radius 1 is 1.47 bits per heavy atom. The van der Waals surface area contributed by atoms with Crippen LogP contribution in [0.2, 0.25) is 0 Å². The summed E-state index contributed by atoms with van der Waals surface area (Å²) in [5.41, 5.74) is 2.14. The number of benzene rings is 1. The summed E-state index contributed by atoms with van der Waals surface area (Å²) in [6, 6.07) is 6.92. The first-order valence-electron chi connectivity index (χ1n) is 4.97. The van der Waals surface area contributed by atoms with Gasteiger partial charge in [-0.3, -0.25) is 0 Å². The molecule has 0 amide bonds. The maximum absolute atomic E-state index is 10.7. The normalized spacial score (nSPS) is 10.2. The maximum Gasteiger partial charge on any atom is 0.374 e. The number of methoxy groups -OCH3 is 1. The number of ether oxygens (including phenoxy) is 1. The van der Waals surface area contributed by atoms with E-state index in [2.05, 4.69) is 5.16 Å². The molecule has 0 aliphatic heterocycles. The van der Waals surface area contributed by atoms with E-state index in [9.17, 15) is 4.79 Å². The molecule has 0 fully saturated rings. The van der Waals surface area contributed by atoms with Gasteiger partial charge in [-0.15, -0.1) is 0 Å². The van der Waals surface area contributed by atoms with Gasteiger partial charge in [0.1, 0.15) is 11.4 Å². The second-order valence-electron chi connectivity index (χ2n) is 3.53. The van der Waals surface area contributed by atoms with Crippen molar-refractivity contribution >= 4 is 5.97 Å². The summed E-state index contributed by atoms with van der Waals surface area (Å²) >= 11 is 0. The highest BCUT2D eigenvalue weighted by molar-refractivity contribution is 5.86. The van der Waals surface area contributed by atoms with Crippen molar-refractivity contribution in [1.29, 1.82) is 0 Å². The Kier molecular flexibility index (Phi) is 2.82. The molecule has 0 unspecified atom stereocenters. The monoisotopic (exact) mass is 233 g/mol. The molecule has 5 nitrogen and oxygen atoms in total. The van der Waals surface area contributed by atoms with Crippen LogP contribution in [-0.2, 0) is 0 Å². The first kappa shape index (κ1) is 11.2. The Bertz CT molecular complexity index is 559. The predicted molar refractivity (Wildman–Crippen MR) is 60.2 cm³/mol. The molecule has 0 saturated carbocycles. The van der Waals surface area contributed by atoms with Crippen molar-refractivity contribution in [2.75, 3.05) is 7.11 Å². The molecule has 1 aromatic heterocycles. The van der Waals surface area contributed by atoms with E-state index in [0.29, 0.717) is 11.4 Å². The van der Waals surface area contributed by atoms with Crippen molar-refractivity contribution in [3.8, 4) is 17.0 Å². The van der Waals surface area contributed by atoms with E-state index in [1.807, 2.05) is 19.1 Å². The maximum atomic E-state index is 10.7. The molecule has 2 aromatic rings. The molecule has 17 heavy (non-hydrogen) atoms. The first-order chi connectivity index (χ1) is 8.13. The van der Waals surface area contributed by atoms with E-state index in [1.165, 1.54) is 6.07 Å². The lowest BCUT2D eigenvalue weighted by Gasteiger charge is -2.07. The average Bonchev–Trinajstić information content (AvgIpc) is 2.77. The summed E-state index contributed by atoms with van der Waals surface area (Å²) in [5.74, 6) is -0.697. The zero-order valence-electron chi connectivity index (χ0n) is 9.43. The van der Waals surface area contributed by atoms with Crippen LogP contribution in [-0.4, -0.2) is 23.3 Å². The minimum atomic E-state index is -1.14. The van der Waals surface area contributed by atoms with Gasteiger partial charge in [-0.1, -0.05) is 17.3 Å². The van der Waals surface area contributed by atoms with Crippen LogP contribution in [0.1, 0.15) is 16.1 Å². The lowest BCUT2D eigenvalue weighted by atomic mass is 10.0. The van der Waals surface area contributed by atoms with Crippen molar-refractivity contribution in [3.63, 3.8) is 0 Å². The van der Waals surface area contributed by atoms with Gasteiger partial charge in [-0.25, -0.2) is 4.79 Å². The summed E-state index contributed by atoms with van der Waals surface area (Å²) in [4.78, 5) is 10.7. The van der Waals surface area contributed by atoms with Gasteiger partial charge in [-0.05, 0) is 18.6 Å². The van der Waals surface area contributed by atoms with Gasteiger partial charge in [0.15, 0.2) is 0 Å². The summed E-state index contributed by atoms with van der Waals surface area (Å²) in [5, 5.41) is 12.5. The van der Waals surface area contributed by atoms with E-state index in [-0.39, 0.29) is 5.76 Å². The summed E-state index contributed by atoms with van der Waals surface area (Å²) in [6.45, 7) is 1.90. The van der Waals surface area contributed by atoms with Crippen molar-refractivity contribution in [2.24, 2.45) is 0 Å². The molecule has 0 spiro atoms. The quantitative estimate of drug-likeness (QED) is 0.880. The molecule has 1 heterocycles. The second kappa shape index (κ2) is 4.29. The van der Waals surface area contributed by atoms with Crippen LogP contribution in [0.15, 0.2) is 28.8 Å². The minimum Gasteiger partial charge on any atom is -0.496 e. The number of hydrogen-bond acceptors (Lipinski definition) is 4. The van der Waals surface area contributed by atoms with Gasteiger partial charge in [-0.2, -0.15) is 0 Å². The van der Waals surface area contributed by atoms with Crippen LogP contribution in [0.3, 0.4) is 0 Å². The molecule has 1 N–H and O–H groups in total. The predicted octanol–water partition coefficient (Wildman–Crippen LogP) is 2.36. The fourth-order valence-electron chi connectivity index (χ4n) is 1.63. The van der Waals surface area contributed by atoms with Crippen molar-refractivity contribution in [2.45, 2.75) is 6.92 Å². The van der Waals surface area contributed by atoms with Crippen molar-refractivity contribution in [1.82, 2.24) is 5.16 Å². The molecule has 0 aliphatic rings. The number of aryl methyl sites for hydroxylation is 1. The van der Waals surface area contributed by atoms with Crippen LogP contribution in [0.25, 0.3) is 11.3 Å². The summed E-state index contributed by atoms with van der Waals surface area (Å²) in [7, 11) is 1.55. The van der Waals surface area contributed by atoms with E-state index in [0.717, 1.165) is 11.1 Å². The number of carboxylic acid groups (broad SMARTS) is 1. The topological polar surface area (TPSA) is 72.6 Å². The molecule has 5 heteroatoms. The Balaban J connectivity index is 2.55. The molecule has 0 saturated heterocycles. The van der Waals surface area contributed by atoms with Gasteiger partial charge < -0.3 is 14.4 Å². The minimum absolute atomic E-state index is 0.190. The lowest BCUT2D eigenvalue weighted by Crippen LogP contribution is -1.92. The Morgan fingerprint density at radius 3 is 2.82 bits per heavy atom. The van der Waals surface area contributed by atoms with Crippen molar-refractivity contribution in [3.05, 3.63) is 35.6 Å². The third-order valence-electron chi connectivity index (χ3n) is 2.43. The third kappa shape index (κ3) is 1.99. The van der Waals surface area contributed by atoms with E-state index >= 15 is 0 Å². The van der Waals surface area contributed by atoms with Gasteiger partial charge in [0.2, 0.25) is 5.76 Å². The zero-order chi connectivity index (χ0) is 12.4. The SMILES string of the molecule is COc1cccc(C)c1-c1cc(C(=O)O)on1. The first-order valence-corrected chi connectivity index (χ1v) is 4.97. The molecule has 0 aliphatic carbocycles. The third-order valence-corrected chi connectivity index (χ3v) is 2.43. The van der Waals surface area contributed by atoms with Gasteiger partial charge in [0.05, 0.1) is 7.11 Å². The largest absolute Gasteiger partial charge is 0.496 e. The van der Waals surface area contributed by atoms with Crippen LogP contribution in [0, 0.1) is 6.92 Å². The molecular weight excluding hydrogens is 222 g/mol. The van der Waals surface area contributed by atoms with E-state index < -0.39 is 5.97 Å². The van der Waals surface area contributed by atoms with Gasteiger partial charge >= 0.3 is 5.97 Å². The number of hydrogen-bond donors (Lipinski definition) is 1. The van der Waals surface area contributed by atoms with Crippen LogP contribution >= 0.6 is 0 Å². The van der Waals surface area contributed by atoms with Gasteiger partial charge in [0.25, 0.3) is 0 Å². The fourth-order valence-corrected chi connectivity index (χ4v) is 1.63. The fraction of sp³-hybridized carbons (Fsp3) is 0.167. The van der Waals surface area contributed by atoms with Crippen LogP contribution in [0.4, 0.5) is 0 Å². The smallest absolute Gasteiger partial charge is 0.374 e. The molecule has 0 atom stereocenters. The molecule has 2 rings (SSSR count). The number of rotatable bonds is 3. The molecule has 0 bridgehead atoms. The molecule has 1 aromatic carbocycles. The number of aromatic nitrogens is 1. The average molecular weight is 233 g/mol. The number of nitrogens with zero attached hydrogens (tertiary/aromatic N) is 1. The van der Waals surface area contributed by atoms with Crippen molar-refractivity contribution < 1.29 is 19.2 Å². The molecular formula is C12H11NO4. The van der Waals surface area contributed by atoms with E-state index in [1.54, 1.807) is 13.2 Å². The lowest BCUT2D eigenvalue weighted by molar-refractivity contribution is 0.0652. The van der Waals surface area contributed by atoms with Crippen LogP contribution in [0.5, 0.6) is 5.75 Å². The number of aromatic carboxylic acids is 1. The molecule has 0 radical (unpaired) electrons. The highest BCUT2D eigenvalue weighted by Gasteiger charge is 2.16. The Labute approximate surface area is 97.6 Å². The highest BCUT2D eigenvalue weighted by Crippen LogP contribution is 2.32. The Morgan fingerprint density at radius 2 is 2.24 bits per heavy atom. The van der Waals surface area contributed by atoms with E-state index in [4.69, 9.17) is 14.4 Å². The summed E-state index contributed by atoms with van der Waals surface area (Å²) in [6.07, 6.45) is 0. The van der Waals surface area contributed by atoms with Gasteiger partial charge in [0, 0.05) is 11.6 Å². The second-order valence-corrected chi connectivity index (χ2v) is 3.53.